The molecule has 0 spiro atoms. The number of ether oxygens (including phenoxy) is 2. The average Bonchev–Trinajstić information content (AvgIpc) is 3.74. The molecule has 0 saturated carbocycles. The highest BCUT2D eigenvalue weighted by atomic mass is 16.5. The molecule has 230 valence electrons. The van der Waals surface area contributed by atoms with E-state index < -0.39 is 0 Å². The van der Waals surface area contributed by atoms with Crippen LogP contribution in [-0.4, -0.2) is 22.3 Å². The second kappa shape index (κ2) is 14.2. The van der Waals surface area contributed by atoms with Gasteiger partial charge in [-0.25, -0.2) is 18.3 Å². The van der Waals surface area contributed by atoms with Gasteiger partial charge in [0.25, 0.3) is 0 Å². The summed E-state index contributed by atoms with van der Waals surface area (Å²) in [5, 5.41) is 4.57. The smallest absolute Gasteiger partial charge is 0.244 e. The highest BCUT2D eigenvalue weighted by Crippen LogP contribution is 2.34. The number of fused-ring (bicyclic) bond motifs is 2. The van der Waals surface area contributed by atoms with E-state index in [0.717, 1.165) is 61.3 Å². The van der Waals surface area contributed by atoms with Crippen molar-refractivity contribution in [1.29, 1.82) is 0 Å². The number of aromatic nitrogens is 4. The molecule has 0 unspecified atom stereocenters. The van der Waals surface area contributed by atoms with Gasteiger partial charge in [0.1, 0.15) is 49.4 Å². The van der Waals surface area contributed by atoms with Crippen molar-refractivity contribution in [2.24, 2.45) is 0 Å². The van der Waals surface area contributed by atoms with E-state index in [-0.39, 0.29) is 0 Å². The van der Waals surface area contributed by atoms with Crippen LogP contribution in [0.4, 0.5) is 0 Å². The van der Waals surface area contributed by atoms with Gasteiger partial charge in [0.05, 0.1) is 26.3 Å². The van der Waals surface area contributed by atoms with Crippen molar-refractivity contribution in [1.82, 2.24) is 9.13 Å². The van der Waals surface area contributed by atoms with E-state index in [1.165, 1.54) is 21.9 Å². The quantitative estimate of drug-likeness (QED) is 0.0744. The summed E-state index contributed by atoms with van der Waals surface area (Å²) >= 11 is 0. The van der Waals surface area contributed by atoms with Crippen molar-refractivity contribution in [2.45, 2.75) is 39.0 Å². The topological polar surface area (TPSA) is 36.1 Å². The van der Waals surface area contributed by atoms with Gasteiger partial charge in [-0.3, -0.25) is 0 Å². The Labute approximate surface area is 270 Å². The van der Waals surface area contributed by atoms with Crippen LogP contribution in [0.1, 0.15) is 24.0 Å². The Hall–Kier alpha value is -5.36. The molecule has 0 bridgehead atoms. The second-order valence-electron chi connectivity index (χ2n) is 11.8. The molecule has 5 aromatic carbocycles. The van der Waals surface area contributed by atoms with Crippen LogP contribution in [0.2, 0.25) is 0 Å². The van der Waals surface area contributed by atoms with Crippen molar-refractivity contribution < 1.29 is 18.6 Å². The molecule has 0 saturated heterocycles. The first-order valence-corrected chi connectivity index (χ1v) is 16.2. The number of rotatable bonds is 14. The first kappa shape index (κ1) is 29.4. The van der Waals surface area contributed by atoms with Crippen molar-refractivity contribution in [3.8, 4) is 11.5 Å². The molecule has 0 aliphatic heterocycles. The number of benzene rings is 5. The zero-order chi connectivity index (χ0) is 31.0. The molecule has 46 heavy (non-hydrogen) atoms. The Morgan fingerprint density at radius 3 is 1.46 bits per heavy atom. The summed E-state index contributed by atoms with van der Waals surface area (Å²) in [6.45, 7) is 4.87. The minimum absolute atomic E-state index is 0.650. The molecule has 0 atom stereocenters. The SMILES string of the molecule is c1ccc(C[n+]2ccn(CCCOc3cccc4cc5cccc(OCCCn6cc[n+](Cc7ccccc7)c6)c5cc34)c2)cc1. The molecular formula is C40H40N4O2+2. The van der Waals surface area contributed by atoms with Gasteiger partial charge >= 0.3 is 0 Å². The Morgan fingerprint density at radius 2 is 0.978 bits per heavy atom. The van der Waals surface area contributed by atoms with Crippen LogP contribution in [0.3, 0.4) is 0 Å². The summed E-state index contributed by atoms with van der Waals surface area (Å²) in [4.78, 5) is 0. The van der Waals surface area contributed by atoms with Gasteiger partial charge in [-0.05, 0) is 46.2 Å². The molecule has 2 heterocycles. The predicted octanol–water partition coefficient (Wildman–Crippen LogP) is 7.21. The summed E-state index contributed by atoms with van der Waals surface area (Å²) in [6, 6.07) is 38.2. The Morgan fingerprint density at radius 1 is 0.500 bits per heavy atom. The number of hydrogen-bond donors (Lipinski definition) is 0. The summed E-state index contributed by atoms with van der Waals surface area (Å²) < 4.78 is 21.6. The fraction of sp³-hybridized carbons (Fsp3) is 0.200. The Bertz CT molecular complexity index is 1870. The van der Waals surface area contributed by atoms with Crippen LogP contribution in [0.5, 0.6) is 11.5 Å². The van der Waals surface area contributed by atoms with Crippen molar-refractivity contribution in [3.63, 3.8) is 0 Å². The van der Waals surface area contributed by atoms with Crippen molar-refractivity contribution >= 4 is 21.5 Å². The third-order valence-corrected chi connectivity index (χ3v) is 8.34. The van der Waals surface area contributed by atoms with Crippen molar-refractivity contribution in [3.05, 3.63) is 158 Å². The van der Waals surface area contributed by atoms with E-state index in [2.05, 4.69) is 165 Å². The lowest BCUT2D eigenvalue weighted by Crippen LogP contribution is -2.31. The highest BCUT2D eigenvalue weighted by Gasteiger charge is 2.10. The average molecular weight is 609 g/mol. The molecule has 0 amide bonds. The molecule has 0 aliphatic carbocycles. The summed E-state index contributed by atoms with van der Waals surface area (Å²) in [7, 11) is 0. The maximum Gasteiger partial charge on any atom is 0.244 e. The van der Waals surface area contributed by atoms with Crippen LogP contribution in [0.25, 0.3) is 21.5 Å². The highest BCUT2D eigenvalue weighted by molar-refractivity contribution is 6.03. The minimum atomic E-state index is 0.650. The van der Waals surface area contributed by atoms with E-state index in [0.29, 0.717) is 13.2 Å². The summed E-state index contributed by atoms with van der Waals surface area (Å²) in [5.74, 6) is 1.83. The predicted molar refractivity (Wildman–Crippen MR) is 182 cm³/mol. The van der Waals surface area contributed by atoms with Crippen LogP contribution >= 0.6 is 0 Å². The minimum Gasteiger partial charge on any atom is -0.493 e. The van der Waals surface area contributed by atoms with Gasteiger partial charge in [-0.1, -0.05) is 84.9 Å². The van der Waals surface area contributed by atoms with E-state index >= 15 is 0 Å². The van der Waals surface area contributed by atoms with Crippen LogP contribution in [0, 0.1) is 0 Å². The van der Waals surface area contributed by atoms with Crippen LogP contribution < -0.4 is 18.6 Å². The monoisotopic (exact) mass is 608 g/mol. The summed E-state index contributed by atoms with van der Waals surface area (Å²) in [6.07, 6.45) is 14.7. The third kappa shape index (κ3) is 7.29. The largest absolute Gasteiger partial charge is 0.493 e. The molecular weight excluding hydrogens is 568 g/mol. The maximum atomic E-state index is 6.35. The number of nitrogens with zero attached hydrogens (tertiary/aromatic N) is 4. The molecule has 0 fully saturated rings. The van der Waals surface area contributed by atoms with E-state index in [1.54, 1.807) is 0 Å². The fourth-order valence-electron chi connectivity index (χ4n) is 6.02. The maximum absolute atomic E-state index is 6.35. The molecule has 6 heteroatoms. The third-order valence-electron chi connectivity index (χ3n) is 8.34. The molecule has 0 aliphatic rings. The summed E-state index contributed by atoms with van der Waals surface area (Å²) in [5.41, 5.74) is 2.60. The van der Waals surface area contributed by atoms with Gasteiger partial charge < -0.3 is 9.47 Å². The molecule has 2 aromatic heterocycles. The van der Waals surface area contributed by atoms with Crippen molar-refractivity contribution in [2.75, 3.05) is 13.2 Å². The van der Waals surface area contributed by atoms with E-state index in [4.69, 9.17) is 9.47 Å². The van der Waals surface area contributed by atoms with Gasteiger partial charge in [0.15, 0.2) is 0 Å². The fourth-order valence-corrected chi connectivity index (χ4v) is 6.02. The lowest BCUT2D eigenvalue weighted by atomic mass is 10.0. The van der Waals surface area contributed by atoms with E-state index in [1.807, 2.05) is 0 Å². The molecule has 7 aromatic rings. The zero-order valence-corrected chi connectivity index (χ0v) is 26.1. The van der Waals surface area contributed by atoms with Crippen LogP contribution in [0.15, 0.2) is 147 Å². The lowest BCUT2D eigenvalue weighted by Gasteiger charge is -2.13. The molecule has 7 rings (SSSR count). The van der Waals surface area contributed by atoms with Gasteiger partial charge in [-0.15, -0.1) is 0 Å². The Balaban J connectivity index is 0.947. The molecule has 0 radical (unpaired) electrons. The number of imidazole rings is 2. The van der Waals surface area contributed by atoms with Gasteiger partial charge in [-0.2, -0.15) is 0 Å². The number of hydrogen-bond acceptors (Lipinski definition) is 2. The molecule has 0 N–H and O–H groups in total. The zero-order valence-electron chi connectivity index (χ0n) is 26.1. The van der Waals surface area contributed by atoms with Crippen LogP contribution in [-0.2, 0) is 26.2 Å². The molecule has 6 nitrogen and oxygen atoms in total. The first-order valence-electron chi connectivity index (χ1n) is 16.2. The van der Waals surface area contributed by atoms with Gasteiger partial charge in [0, 0.05) is 23.6 Å². The van der Waals surface area contributed by atoms with E-state index in [9.17, 15) is 0 Å². The normalized spacial score (nSPS) is 11.3. The lowest BCUT2D eigenvalue weighted by molar-refractivity contribution is -0.688. The second-order valence-corrected chi connectivity index (χ2v) is 11.8. The first-order chi connectivity index (χ1) is 22.8. The standard InChI is InChI=1S/C40H40N4O2/c1-3-11-33(12-4-1)29-43-23-21-41(31-43)19-9-25-45-39-17-7-15-35-27-36-16-8-18-40(38(36)28-37(35)39)46-26-10-20-42-22-24-44(32-42)30-34-13-5-2-6-14-34/h1-8,11-18,21-24,27-28,31-32H,9-10,19-20,25-26,29-30H2/q+2. The van der Waals surface area contributed by atoms with Gasteiger partial charge in [0.2, 0.25) is 12.7 Å². The number of aryl methyl sites for hydroxylation is 2. The Kier molecular flexibility index (Phi) is 9.04.